The Kier molecular flexibility index (Phi) is 4.26. The van der Waals surface area contributed by atoms with Gasteiger partial charge < -0.3 is 10.2 Å². The Bertz CT molecular complexity index is 830. The molecule has 6 heteroatoms. The summed E-state index contributed by atoms with van der Waals surface area (Å²) in [5.41, 5.74) is 2.84. The van der Waals surface area contributed by atoms with Crippen molar-refractivity contribution in [3.63, 3.8) is 0 Å². The summed E-state index contributed by atoms with van der Waals surface area (Å²) in [5, 5.41) is 11.1. The number of hydrogen-bond donors (Lipinski definition) is 1. The van der Waals surface area contributed by atoms with Gasteiger partial charge in [0.25, 0.3) is 5.91 Å². The van der Waals surface area contributed by atoms with Crippen molar-refractivity contribution in [1.29, 1.82) is 0 Å². The molecule has 0 saturated carbocycles. The van der Waals surface area contributed by atoms with Crippen LogP contribution in [0, 0.1) is 0 Å². The molecule has 3 aromatic rings. The van der Waals surface area contributed by atoms with Crippen molar-refractivity contribution in [3.8, 4) is 5.69 Å². The summed E-state index contributed by atoms with van der Waals surface area (Å²) in [6.07, 6.45) is 3.27. The monoisotopic (exact) mass is 333 g/mol. The minimum atomic E-state index is 0.0673. The lowest BCUT2D eigenvalue weighted by molar-refractivity contribution is 0.0703. The van der Waals surface area contributed by atoms with Crippen molar-refractivity contribution in [3.05, 3.63) is 78.4 Å². The van der Waals surface area contributed by atoms with E-state index in [2.05, 4.69) is 27.6 Å². The quantitative estimate of drug-likeness (QED) is 0.797. The Morgan fingerprint density at radius 2 is 1.72 bits per heavy atom. The van der Waals surface area contributed by atoms with E-state index in [9.17, 15) is 4.79 Å². The molecule has 1 saturated heterocycles. The molecule has 1 atom stereocenters. The van der Waals surface area contributed by atoms with Crippen LogP contribution in [0.3, 0.4) is 0 Å². The van der Waals surface area contributed by atoms with Crippen molar-refractivity contribution < 1.29 is 4.79 Å². The first-order valence-electron chi connectivity index (χ1n) is 8.34. The van der Waals surface area contributed by atoms with E-state index in [0.29, 0.717) is 12.1 Å². The predicted octanol–water partition coefficient (Wildman–Crippen LogP) is 2.05. The maximum absolute atomic E-state index is 12.8. The number of amides is 1. The van der Waals surface area contributed by atoms with Gasteiger partial charge >= 0.3 is 0 Å². The van der Waals surface area contributed by atoms with Crippen LogP contribution >= 0.6 is 0 Å². The summed E-state index contributed by atoms with van der Waals surface area (Å²) in [6.45, 7) is 2.19. The first-order chi connectivity index (χ1) is 12.3. The van der Waals surface area contributed by atoms with E-state index >= 15 is 0 Å². The van der Waals surface area contributed by atoms with Crippen molar-refractivity contribution in [2.45, 2.75) is 6.04 Å². The molecule has 4 rings (SSSR count). The van der Waals surface area contributed by atoms with Crippen molar-refractivity contribution >= 4 is 5.91 Å². The van der Waals surface area contributed by atoms with E-state index in [-0.39, 0.29) is 11.9 Å². The number of hydrogen-bond acceptors (Lipinski definition) is 4. The Balaban J connectivity index is 1.48. The number of nitrogens with one attached hydrogen (secondary N) is 1. The average Bonchev–Trinajstić information content (AvgIpc) is 3.23. The van der Waals surface area contributed by atoms with Crippen molar-refractivity contribution in [1.82, 2.24) is 25.0 Å². The number of benzene rings is 2. The molecule has 2 heterocycles. The molecule has 1 aliphatic rings. The van der Waals surface area contributed by atoms with Crippen LogP contribution in [0.4, 0.5) is 0 Å². The molecule has 1 fully saturated rings. The molecule has 0 bridgehead atoms. The standard InChI is InChI=1S/C19H19N5O/c25-19(16-6-8-17(9-7-16)24-13-21-22-14-24)23-11-10-20-18(12-23)15-4-2-1-3-5-15/h1-9,13-14,18,20H,10-12H2/t18-/m0/s1. The Hall–Kier alpha value is -2.99. The second-order valence-electron chi connectivity index (χ2n) is 6.08. The van der Waals surface area contributed by atoms with Gasteiger partial charge in [0.15, 0.2) is 0 Å². The molecule has 1 aliphatic heterocycles. The predicted molar refractivity (Wildman–Crippen MR) is 94.4 cm³/mol. The molecule has 0 aliphatic carbocycles. The molecular weight excluding hydrogens is 314 g/mol. The van der Waals surface area contributed by atoms with E-state index in [1.807, 2.05) is 51.9 Å². The molecule has 2 aromatic carbocycles. The van der Waals surface area contributed by atoms with Gasteiger partial charge in [0.05, 0.1) is 0 Å². The minimum Gasteiger partial charge on any atom is -0.335 e. The van der Waals surface area contributed by atoms with Gasteiger partial charge in [0.2, 0.25) is 0 Å². The molecule has 1 amide bonds. The summed E-state index contributed by atoms with van der Waals surface area (Å²) >= 11 is 0. The first kappa shape index (κ1) is 15.5. The highest BCUT2D eigenvalue weighted by molar-refractivity contribution is 5.94. The lowest BCUT2D eigenvalue weighted by Crippen LogP contribution is -2.48. The van der Waals surface area contributed by atoms with Crippen LogP contribution in [-0.2, 0) is 0 Å². The molecule has 1 N–H and O–H groups in total. The number of aromatic nitrogens is 3. The summed E-state index contributed by atoms with van der Waals surface area (Å²) < 4.78 is 1.81. The van der Waals surface area contributed by atoms with Crippen molar-refractivity contribution in [2.75, 3.05) is 19.6 Å². The smallest absolute Gasteiger partial charge is 0.253 e. The van der Waals surface area contributed by atoms with Gasteiger partial charge in [0.1, 0.15) is 12.7 Å². The van der Waals surface area contributed by atoms with Gasteiger partial charge in [-0.05, 0) is 29.8 Å². The second-order valence-corrected chi connectivity index (χ2v) is 6.08. The van der Waals surface area contributed by atoms with Gasteiger partial charge in [-0.3, -0.25) is 9.36 Å². The van der Waals surface area contributed by atoms with E-state index in [4.69, 9.17) is 0 Å². The maximum atomic E-state index is 12.8. The first-order valence-corrected chi connectivity index (χ1v) is 8.34. The zero-order valence-electron chi connectivity index (χ0n) is 13.7. The highest BCUT2D eigenvalue weighted by atomic mass is 16.2. The van der Waals surface area contributed by atoms with Gasteiger partial charge in [-0.15, -0.1) is 10.2 Å². The number of piperazine rings is 1. The Morgan fingerprint density at radius 1 is 1.00 bits per heavy atom. The van der Waals surface area contributed by atoms with E-state index in [1.54, 1.807) is 12.7 Å². The maximum Gasteiger partial charge on any atom is 0.253 e. The zero-order valence-corrected chi connectivity index (χ0v) is 13.7. The molecule has 0 unspecified atom stereocenters. The van der Waals surface area contributed by atoms with E-state index in [0.717, 1.165) is 18.8 Å². The Morgan fingerprint density at radius 3 is 2.44 bits per heavy atom. The van der Waals surface area contributed by atoms with Crippen molar-refractivity contribution in [2.24, 2.45) is 0 Å². The SMILES string of the molecule is O=C(c1ccc(-n2cnnc2)cc1)N1CCN[C@H](c2ccccc2)C1. The Labute approximate surface area is 146 Å². The third-order valence-electron chi connectivity index (χ3n) is 4.50. The molecule has 126 valence electrons. The lowest BCUT2D eigenvalue weighted by Gasteiger charge is -2.34. The normalized spacial score (nSPS) is 17.4. The number of carbonyl (C=O) groups is 1. The minimum absolute atomic E-state index is 0.0673. The summed E-state index contributed by atoms with van der Waals surface area (Å²) in [4.78, 5) is 14.8. The number of nitrogens with zero attached hydrogens (tertiary/aromatic N) is 4. The largest absolute Gasteiger partial charge is 0.335 e. The lowest BCUT2D eigenvalue weighted by atomic mass is 10.0. The topological polar surface area (TPSA) is 63.1 Å². The fraction of sp³-hybridized carbons (Fsp3) is 0.211. The van der Waals surface area contributed by atoms with E-state index in [1.165, 1.54) is 5.56 Å². The van der Waals surface area contributed by atoms with Gasteiger partial charge in [-0.2, -0.15) is 0 Å². The second kappa shape index (κ2) is 6.86. The van der Waals surface area contributed by atoms with Crippen LogP contribution in [-0.4, -0.2) is 45.2 Å². The van der Waals surface area contributed by atoms with Crippen LogP contribution in [0.5, 0.6) is 0 Å². The molecule has 1 aromatic heterocycles. The summed E-state index contributed by atoms with van der Waals surface area (Å²) in [5.74, 6) is 0.0673. The molecule has 6 nitrogen and oxygen atoms in total. The summed E-state index contributed by atoms with van der Waals surface area (Å²) in [6, 6.07) is 18.0. The fourth-order valence-electron chi connectivity index (χ4n) is 3.14. The number of carbonyl (C=O) groups excluding carboxylic acids is 1. The van der Waals surface area contributed by atoms with Gasteiger partial charge in [0, 0.05) is 36.9 Å². The van der Waals surface area contributed by atoms with Crippen LogP contribution in [0.2, 0.25) is 0 Å². The zero-order chi connectivity index (χ0) is 17.1. The molecule has 0 spiro atoms. The van der Waals surface area contributed by atoms with E-state index < -0.39 is 0 Å². The van der Waals surface area contributed by atoms with Crippen LogP contribution in [0.15, 0.2) is 67.3 Å². The summed E-state index contributed by atoms with van der Waals surface area (Å²) in [7, 11) is 0. The average molecular weight is 333 g/mol. The highest BCUT2D eigenvalue weighted by Gasteiger charge is 2.24. The third kappa shape index (κ3) is 3.29. The van der Waals surface area contributed by atoms with Crippen LogP contribution in [0.1, 0.15) is 22.0 Å². The fourth-order valence-corrected chi connectivity index (χ4v) is 3.14. The molecule has 25 heavy (non-hydrogen) atoms. The van der Waals surface area contributed by atoms with Gasteiger partial charge in [-0.1, -0.05) is 30.3 Å². The van der Waals surface area contributed by atoms with Gasteiger partial charge in [-0.25, -0.2) is 0 Å². The number of rotatable bonds is 3. The third-order valence-corrected chi connectivity index (χ3v) is 4.50. The van der Waals surface area contributed by atoms with Crippen LogP contribution in [0.25, 0.3) is 5.69 Å². The highest BCUT2D eigenvalue weighted by Crippen LogP contribution is 2.19. The molecular formula is C19H19N5O. The molecule has 0 radical (unpaired) electrons. The van der Waals surface area contributed by atoms with Crippen LogP contribution < -0.4 is 5.32 Å².